The van der Waals surface area contributed by atoms with E-state index in [0.29, 0.717) is 47.0 Å². The molecule has 1 saturated carbocycles. The number of carbonyl (C=O) groups is 2. The standard InChI is InChI=1S/C44H53ClN8O4/c1-27(24-53-21-17-32(54)25-53)23-31-15-19-47-41(40(31)46-3)48-35-9-5-7-33(28(35)2)34-8-6-10-36(39(34)45)50-43(55)42-49-37-26-52(22-18-38(37)51(42)4)20-16-29-11-13-30(14-12-29)44(56)57/h5-10,15,19,23,29-30,32,54H,3,11-14,16-18,20-22,24-26H2,1-2,4H3,(H,47,48)(H,50,55)(H,56,57)/b27-23+/t29-,30-,32-/m1/s1. The number of rotatable bonds is 13. The van der Waals surface area contributed by atoms with Gasteiger partial charge in [0.15, 0.2) is 11.6 Å². The van der Waals surface area contributed by atoms with Crippen molar-refractivity contribution >= 4 is 59.2 Å². The number of pyridine rings is 1. The van der Waals surface area contributed by atoms with Crippen LogP contribution in [0, 0.1) is 18.8 Å². The van der Waals surface area contributed by atoms with Crippen molar-refractivity contribution in [2.45, 2.75) is 71.4 Å². The Morgan fingerprint density at radius 2 is 1.79 bits per heavy atom. The van der Waals surface area contributed by atoms with E-state index in [2.05, 4.69) is 50.1 Å². The number of benzene rings is 2. The molecule has 13 heteroatoms. The first-order chi connectivity index (χ1) is 27.5. The van der Waals surface area contributed by atoms with Gasteiger partial charge in [0, 0.05) is 74.9 Å². The minimum atomic E-state index is -0.664. The summed E-state index contributed by atoms with van der Waals surface area (Å²) in [7, 11) is 1.90. The number of carboxylic acid groups (broad SMARTS) is 1. The first-order valence-electron chi connectivity index (χ1n) is 20.0. The molecule has 1 atom stereocenters. The van der Waals surface area contributed by atoms with Crippen LogP contribution in [0.5, 0.6) is 0 Å². The summed E-state index contributed by atoms with van der Waals surface area (Å²) in [6.07, 6.45) is 9.74. The maximum atomic E-state index is 13.8. The van der Waals surface area contributed by atoms with Crippen molar-refractivity contribution in [2.75, 3.05) is 43.4 Å². The van der Waals surface area contributed by atoms with E-state index in [1.807, 2.05) is 54.9 Å². The molecule has 1 aliphatic carbocycles. The van der Waals surface area contributed by atoms with Crippen LogP contribution in [0.1, 0.15) is 78.6 Å². The van der Waals surface area contributed by atoms with Crippen molar-refractivity contribution in [3.05, 3.63) is 87.6 Å². The van der Waals surface area contributed by atoms with Gasteiger partial charge in [-0.15, -0.1) is 0 Å². The first-order valence-corrected chi connectivity index (χ1v) is 20.4. The Balaban J connectivity index is 1.03. The van der Waals surface area contributed by atoms with Crippen LogP contribution in [0.15, 0.2) is 59.2 Å². The number of aliphatic imine (C=N–C) groups is 1. The van der Waals surface area contributed by atoms with Gasteiger partial charge in [-0.1, -0.05) is 47.5 Å². The minimum Gasteiger partial charge on any atom is -0.481 e. The average molecular weight is 793 g/mol. The Morgan fingerprint density at radius 3 is 2.51 bits per heavy atom. The molecule has 2 aromatic heterocycles. The molecular formula is C44H53ClN8O4. The number of amides is 1. The number of likely N-dealkylation sites (tertiary alicyclic amines) is 1. The molecule has 0 unspecified atom stereocenters. The van der Waals surface area contributed by atoms with Gasteiger partial charge in [-0.05, 0) is 101 Å². The second kappa shape index (κ2) is 17.7. The third-order valence-electron chi connectivity index (χ3n) is 11.9. The van der Waals surface area contributed by atoms with Crippen LogP contribution in [0.2, 0.25) is 5.02 Å². The Labute approximate surface area is 339 Å². The summed E-state index contributed by atoms with van der Waals surface area (Å²) >= 11 is 7.07. The van der Waals surface area contributed by atoms with Gasteiger partial charge in [-0.2, -0.15) is 0 Å². The summed E-state index contributed by atoms with van der Waals surface area (Å²) < 4.78 is 1.90. The maximum absolute atomic E-state index is 13.8. The predicted octanol–water partition coefficient (Wildman–Crippen LogP) is 7.88. The van der Waals surface area contributed by atoms with Crippen molar-refractivity contribution in [2.24, 2.45) is 23.9 Å². The Kier molecular flexibility index (Phi) is 12.5. The molecule has 300 valence electrons. The quantitative estimate of drug-likeness (QED) is 0.0993. The number of hydrogen-bond acceptors (Lipinski definition) is 9. The van der Waals surface area contributed by atoms with Crippen LogP contribution in [0.25, 0.3) is 17.2 Å². The van der Waals surface area contributed by atoms with Crippen LogP contribution >= 0.6 is 11.6 Å². The molecule has 4 aromatic rings. The number of carbonyl (C=O) groups excluding carboxylic acids is 1. The summed E-state index contributed by atoms with van der Waals surface area (Å²) in [6, 6.07) is 13.5. The molecule has 2 fully saturated rings. The number of hydrogen-bond donors (Lipinski definition) is 4. The van der Waals surface area contributed by atoms with Crippen molar-refractivity contribution in [1.82, 2.24) is 24.3 Å². The fourth-order valence-corrected chi connectivity index (χ4v) is 8.98. The number of halogens is 1. The number of aliphatic carboxylic acids is 1. The summed E-state index contributed by atoms with van der Waals surface area (Å²) in [6.45, 7) is 12.8. The van der Waals surface area contributed by atoms with Gasteiger partial charge >= 0.3 is 5.97 Å². The Morgan fingerprint density at radius 1 is 1.04 bits per heavy atom. The molecule has 3 aliphatic rings. The van der Waals surface area contributed by atoms with E-state index in [0.717, 1.165) is 116 Å². The highest BCUT2D eigenvalue weighted by molar-refractivity contribution is 6.36. The minimum absolute atomic E-state index is 0.191. The highest BCUT2D eigenvalue weighted by atomic mass is 35.5. The zero-order valence-corrected chi connectivity index (χ0v) is 33.9. The molecule has 1 amide bonds. The molecule has 2 aromatic carbocycles. The van der Waals surface area contributed by atoms with E-state index in [1.54, 1.807) is 12.3 Å². The van der Waals surface area contributed by atoms with Crippen LogP contribution in [-0.2, 0) is 24.8 Å². The molecule has 7 rings (SSSR count). The van der Waals surface area contributed by atoms with E-state index in [-0.39, 0.29) is 17.9 Å². The van der Waals surface area contributed by atoms with E-state index < -0.39 is 5.97 Å². The van der Waals surface area contributed by atoms with Crippen LogP contribution < -0.4 is 10.6 Å². The summed E-state index contributed by atoms with van der Waals surface area (Å²) in [5.74, 6) is 0.311. The first kappa shape index (κ1) is 40.3. The number of carboxylic acids is 1. The third-order valence-corrected chi connectivity index (χ3v) is 12.4. The molecule has 1 saturated heterocycles. The smallest absolute Gasteiger partial charge is 0.306 e. The van der Waals surface area contributed by atoms with Gasteiger partial charge in [0.2, 0.25) is 0 Å². The van der Waals surface area contributed by atoms with Gasteiger partial charge in [-0.25, -0.2) is 9.97 Å². The van der Waals surface area contributed by atoms with Crippen LogP contribution in [0.4, 0.5) is 22.9 Å². The number of aliphatic hydroxyl groups excluding tert-OH is 1. The number of imidazole rings is 1. The predicted molar refractivity (Wildman–Crippen MR) is 227 cm³/mol. The molecule has 4 heterocycles. The summed E-state index contributed by atoms with van der Waals surface area (Å²) in [5.41, 5.74) is 8.64. The SMILES string of the molecule is C=Nc1c(/C=C(\C)CN2CC[C@@H](O)C2)ccnc1Nc1cccc(-c2cccc(NC(=O)c3nc4c(n3C)CCN(CC[C@H]3CC[C@H](C(=O)O)CC3)C4)c2Cl)c1C. The molecular weight excluding hydrogens is 740 g/mol. The summed E-state index contributed by atoms with van der Waals surface area (Å²) in [5, 5.41) is 26.2. The zero-order valence-electron chi connectivity index (χ0n) is 33.1. The van der Waals surface area contributed by atoms with Crippen molar-refractivity contribution < 1.29 is 19.8 Å². The van der Waals surface area contributed by atoms with E-state index in [9.17, 15) is 19.8 Å². The van der Waals surface area contributed by atoms with Crippen LogP contribution in [-0.4, -0.2) is 92.0 Å². The lowest BCUT2D eigenvalue weighted by Crippen LogP contribution is -2.33. The number of nitrogens with one attached hydrogen (secondary N) is 2. The number of aromatic nitrogens is 3. The van der Waals surface area contributed by atoms with Crippen molar-refractivity contribution in [1.29, 1.82) is 0 Å². The van der Waals surface area contributed by atoms with Gasteiger partial charge in [0.1, 0.15) is 5.69 Å². The van der Waals surface area contributed by atoms with Gasteiger partial charge < -0.3 is 25.4 Å². The van der Waals surface area contributed by atoms with Crippen LogP contribution in [0.3, 0.4) is 0 Å². The number of nitrogens with zero attached hydrogens (tertiary/aromatic N) is 6. The number of aliphatic hydroxyl groups is 1. The highest BCUT2D eigenvalue weighted by Crippen LogP contribution is 2.39. The van der Waals surface area contributed by atoms with Gasteiger partial charge in [-0.3, -0.25) is 24.4 Å². The lowest BCUT2D eigenvalue weighted by atomic mass is 9.80. The fourth-order valence-electron chi connectivity index (χ4n) is 8.71. The lowest BCUT2D eigenvalue weighted by Gasteiger charge is -2.30. The lowest BCUT2D eigenvalue weighted by molar-refractivity contribution is -0.143. The van der Waals surface area contributed by atoms with Gasteiger partial charge in [0.05, 0.1) is 28.4 Å². The number of β-amino-alcohol motifs (C(OH)–C–C–N with tert-alkyl or cyclic N) is 1. The summed E-state index contributed by atoms with van der Waals surface area (Å²) in [4.78, 5) is 43.5. The number of anilines is 3. The fraction of sp³-hybridized carbons (Fsp3) is 0.432. The maximum Gasteiger partial charge on any atom is 0.306 e. The molecule has 0 bridgehead atoms. The van der Waals surface area contributed by atoms with E-state index >= 15 is 0 Å². The second-order valence-corrected chi connectivity index (χ2v) is 16.3. The Hall–Kier alpha value is -4.88. The van der Waals surface area contributed by atoms with Crippen molar-refractivity contribution in [3.8, 4) is 11.1 Å². The number of fused-ring (bicyclic) bond motifs is 1. The molecule has 0 spiro atoms. The molecule has 2 aliphatic heterocycles. The third kappa shape index (κ3) is 9.15. The largest absolute Gasteiger partial charge is 0.481 e. The van der Waals surface area contributed by atoms with E-state index in [1.165, 1.54) is 0 Å². The zero-order chi connectivity index (χ0) is 40.2. The monoisotopic (exact) mass is 792 g/mol. The molecule has 12 nitrogen and oxygen atoms in total. The van der Waals surface area contributed by atoms with Gasteiger partial charge in [0.25, 0.3) is 5.91 Å². The topological polar surface area (TPSA) is 148 Å². The molecule has 0 radical (unpaired) electrons. The molecule has 4 N–H and O–H groups in total. The highest BCUT2D eigenvalue weighted by Gasteiger charge is 2.29. The average Bonchev–Trinajstić information content (AvgIpc) is 3.76. The second-order valence-electron chi connectivity index (χ2n) is 15.9. The van der Waals surface area contributed by atoms with E-state index in [4.69, 9.17) is 16.6 Å². The molecule has 57 heavy (non-hydrogen) atoms. The van der Waals surface area contributed by atoms with Crippen molar-refractivity contribution in [3.63, 3.8) is 0 Å². The Bertz CT molecular complexity index is 2170. The normalized spacial score (nSPS) is 20.3.